The van der Waals surface area contributed by atoms with Gasteiger partial charge in [-0.2, -0.15) is 9.67 Å². The number of aliphatic hydroxyl groups excluding tert-OH is 1. The maximum absolute atomic E-state index is 9.15. The molecule has 0 atom stereocenters. The predicted octanol–water partition coefficient (Wildman–Crippen LogP) is 2.73. The summed E-state index contributed by atoms with van der Waals surface area (Å²) in [5, 5.41) is 28.2. The summed E-state index contributed by atoms with van der Waals surface area (Å²) in [5.74, 6) is 1.36. The fraction of sp³-hybridized carbons (Fsp3) is 0.476. The lowest BCUT2D eigenvalue weighted by atomic mass is 10.1. The molecule has 11 heteroatoms. The van der Waals surface area contributed by atoms with Gasteiger partial charge in [-0.15, -0.1) is 5.10 Å². The summed E-state index contributed by atoms with van der Waals surface area (Å²) in [4.78, 5) is 17.8. The van der Waals surface area contributed by atoms with Crippen molar-refractivity contribution >= 4 is 23.2 Å². The third-order valence-electron chi connectivity index (χ3n) is 5.07. The maximum atomic E-state index is 9.15. The number of benzene rings is 1. The van der Waals surface area contributed by atoms with Gasteiger partial charge < -0.3 is 26.0 Å². The number of nitrogens with one attached hydrogen (secondary N) is 1. The minimum atomic E-state index is -1.33. The number of aliphatic hydroxyl groups is 1. The van der Waals surface area contributed by atoms with E-state index < -0.39 is 11.7 Å². The number of nitrogens with zero attached hydrogens (tertiary/aromatic N) is 5. The van der Waals surface area contributed by atoms with Crippen LogP contribution in [0.2, 0.25) is 0 Å². The van der Waals surface area contributed by atoms with Crippen LogP contribution in [-0.4, -0.2) is 59.5 Å². The second-order valence-corrected chi connectivity index (χ2v) is 8.20. The molecule has 0 bridgehead atoms. The number of fused-ring (bicyclic) bond motifs is 1. The molecule has 5 N–H and O–H groups in total. The number of anilines is 1. The van der Waals surface area contributed by atoms with E-state index in [0.717, 1.165) is 24.3 Å². The summed E-state index contributed by atoms with van der Waals surface area (Å²) in [6, 6.07) is 8.07. The standard InChI is InChI=1S/C20H26N6O2.CH3NO2/c1-20(2,11-12-27)28-16-9-7-15(8-10-16)26-18-17(24-25-26)13-21-19(23-18)22-14-5-3-4-6-14;2-1(3)4/h7-10,13-14,27H,3-6,11-12H2,1-2H3,(H,21,22,23);2H2,(H,3,4). The highest BCUT2D eigenvalue weighted by Crippen LogP contribution is 2.24. The average molecular weight is 444 g/mol. The molecule has 11 nitrogen and oxygen atoms in total. The molecule has 1 fully saturated rings. The monoisotopic (exact) mass is 443 g/mol. The van der Waals surface area contributed by atoms with Crippen LogP contribution in [0.15, 0.2) is 30.5 Å². The highest BCUT2D eigenvalue weighted by atomic mass is 16.5. The molecule has 1 amide bonds. The summed E-state index contributed by atoms with van der Waals surface area (Å²) < 4.78 is 7.66. The van der Waals surface area contributed by atoms with Gasteiger partial charge in [-0.3, -0.25) is 0 Å². The largest absolute Gasteiger partial charge is 0.488 e. The van der Waals surface area contributed by atoms with Gasteiger partial charge in [0.15, 0.2) is 11.2 Å². The number of primary amides is 1. The van der Waals surface area contributed by atoms with Gasteiger partial charge in [0.1, 0.15) is 11.4 Å². The second-order valence-electron chi connectivity index (χ2n) is 8.20. The number of ether oxygens (including phenoxy) is 1. The number of nitrogens with two attached hydrogens (primary N) is 1. The van der Waals surface area contributed by atoms with Crippen molar-refractivity contribution in [2.24, 2.45) is 5.73 Å². The summed E-state index contributed by atoms with van der Waals surface area (Å²) in [6.45, 7) is 4.00. The first-order valence-electron chi connectivity index (χ1n) is 10.5. The molecule has 0 radical (unpaired) electrons. The topological polar surface area (TPSA) is 161 Å². The van der Waals surface area contributed by atoms with Gasteiger partial charge in [-0.1, -0.05) is 18.1 Å². The van der Waals surface area contributed by atoms with Crippen LogP contribution in [-0.2, 0) is 0 Å². The van der Waals surface area contributed by atoms with Crippen LogP contribution in [0.4, 0.5) is 10.7 Å². The third-order valence-corrected chi connectivity index (χ3v) is 5.07. The number of hydrogen-bond donors (Lipinski definition) is 4. The van der Waals surface area contributed by atoms with Crippen LogP contribution in [0.5, 0.6) is 5.75 Å². The van der Waals surface area contributed by atoms with Crippen molar-refractivity contribution in [3.05, 3.63) is 30.5 Å². The first-order chi connectivity index (χ1) is 15.3. The lowest BCUT2D eigenvalue weighted by molar-refractivity contribution is 0.0765. The van der Waals surface area contributed by atoms with Crippen LogP contribution in [0, 0.1) is 0 Å². The maximum Gasteiger partial charge on any atom is 0.402 e. The zero-order valence-corrected chi connectivity index (χ0v) is 18.2. The van der Waals surface area contributed by atoms with Crippen molar-refractivity contribution in [2.75, 3.05) is 11.9 Å². The van der Waals surface area contributed by atoms with Crippen LogP contribution in [0.25, 0.3) is 16.9 Å². The van der Waals surface area contributed by atoms with Gasteiger partial charge >= 0.3 is 6.09 Å². The summed E-state index contributed by atoms with van der Waals surface area (Å²) >= 11 is 0. The van der Waals surface area contributed by atoms with Crippen LogP contribution >= 0.6 is 0 Å². The van der Waals surface area contributed by atoms with E-state index in [4.69, 9.17) is 19.7 Å². The lowest BCUT2D eigenvalue weighted by Gasteiger charge is -2.25. The quantitative estimate of drug-likeness (QED) is 0.430. The molecule has 1 saturated carbocycles. The van der Waals surface area contributed by atoms with E-state index >= 15 is 0 Å². The molecule has 3 aromatic rings. The van der Waals surface area contributed by atoms with E-state index in [0.29, 0.717) is 29.6 Å². The molecule has 1 aliphatic rings. The van der Waals surface area contributed by atoms with E-state index in [2.05, 4.69) is 31.3 Å². The van der Waals surface area contributed by atoms with Crippen LogP contribution in [0.1, 0.15) is 46.0 Å². The SMILES string of the molecule is CC(C)(CCO)Oc1ccc(-n2nnc3cnc(NC4CCCC4)nc32)cc1.NC(=O)O. The normalized spacial score (nSPS) is 14.1. The Morgan fingerprint density at radius 2 is 1.94 bits per heavy atom. The zero-order chi connectivity index (χ0) is 23.1. The minimum Gasteiger partial charge on any atom is -0.488 e. The minimum absolute atomic E-state index is 0.0902. The van der Waals surface area contributed by atoms with E-state index in [1.165, 1.54) is 12.8 Å². The Hall–Kier alpha value is -3.47. The average Bonchev–Trinajstić information content (AvgIpc) is 3.37. The van der Waals surface area contributed by atoms with Crippen LogP contribution < -0.4 is 15.8 Å². The number of amides is 1. The number of rotatable bonds is 7. The van der Waals surface area contributed by atoms with Crippen molar-refractivity contribution in [1.29, 1.82) is 0 Å². The van der Waals surface area contributed by atoms with E-state index in [9.17, 15) is 0 Å². The van der Waals surface area contributed by atoms with Crippen molar-refractivity contribution in [1.82, 2.24) is 25.0 Å². The van der Waals surface area contributed by atoms with Gasteiger partial charge in [0.25, 0.3) is 0 Å². The summed E-state index contributed by atoms with van der Waals surface area (Å²) in [5.41, 5.74) is 5.77. The second kappa shape index (κ2) is 10.2. The van der Waals surface area contributed by atoms with Crippen molar-refractivity contribution < 1.29 is 19.7 Å². The van der Waals surface area contributed by atoms with Crippen molar-refractivity contribution in [2.45, 2.75) is 57.6 Å². The fourth-order valence-electron chi connectivity index (χ4n) is 3.52. The fourth-order valence-corrected chi connectivity index (χ4v) is 3.52. The van der Waals surface area contributed by atoms with E-state index in [1.54, 1.807) is 10.9 Å². The molecule has 0 saturated heterocycles. The lowest BCUT2D eigenvalue weighted by Crippen LogP contribution is -2.29. The Morgan fingerprint density at radius 3 is 2.56 bits per heavy atom. The van der Waals surface area contributed by atoms with Crippen LogP contribution in [0.3, 0.4) is 0 Å². The van der Waals surface area contributed by atoms with E-state index in [1.807, 2.05) is 38.1 Å². The number of carboxylic acid groups (broad SMARTS) is 1. The summed E-state index contributed by atoms with van der Waals surface area (Å²) in [7, 11) is 0. The molecule has 4 rings (SSSR count). The molecule has 32 heavy (non-hydrogen) atoms. The molecule has 1 aromatic carbocycles. The Bertz CT molecular complexity index is 1030. The molecule has 0 aliphatic heterocycles. The van der Waals surface area contributed by atoms with Gasteiger partial charge in [-0.05, 0) is 51.0 Å². The molecule has 2 aromatic heterocycles. The third kappa shape index (κ3) is 6.27. The highest BCUT2D eigenvalue weighted by Gasteiger charge is 2.20. The van der Waals surface area contributed by atoms with E-state index in [-0.39, 0.29) is 6.61 Å². The highest BCUT2D eigenvalue weighted by molar-refractivity contribution is 5.72. The van der Waals surface area contributed by atoms with Gasteiger partial charge in [-0.25, -0.2) is 9.78 Å². The number of aromatic nitrogens is 5. The Balaban J connectivity index is 0.000000668. The smallest absolute Gasteiger partial charge is 0.402 e. The van der Waals surface area contributed by atoms with Gasteiger partial charge in [0.2, 0.25) is 5.95 Å². The molecular formula is C21H29N7O4. The van der Waals surface area contributed by atoms with Gasteiger partial charge in [0, 0.05) is 19.1 Å². The molecule has 1 aliphatic carbocycles. The Morgan fingerprint density at radius 1 is 1.28 bits per heavy atom. The number of hydrogen-bond acceptors (Lipinski definition) is 8. The molecular weight excluding hydrogens is 414 g/mol. The molecule has 0 spiro atoms. The molecule has 172 valence electrons. The van der Waals surface area contributed by atoms with Crippen molar-refractivity contribution in [3.63, 3.8) is 0 Å². The Kier molecular flexibility index (Phi) is 7.41. The van der Waals surface area contributed by atoms with Crippen molar-refractivity contribution in [3.8, 4) is 11.4 Å². The zero-order valence-electron chi connectivity index (χ0n) is 18.2. The molecule has 2 heterocycles. The first-order valence-corrected chi connectivity index (χ1v) is 10.5. The Labute approximate surface area is 185 Å². The molecule has 0 unspecified atom stereocenters. The summed E-state index contributed by atoms with van der Waals surface area (Å²) in [6.07, 6.45) is 5.76. The first kappa shape index (κ1) is 23.2. The number of carbonyl (C=O) groups is 1. The predicted molar refractivity (Wildman–Crippen MR) is 119 cm³/mol. The van der Waals surface area contributed by atoms with Gasteiger partial charge in [0.05, 0.1) is 11.9 Å².